The average molecular weight is 278 g/mol. The average Bonchev–Trinajstić information content (AvgIpc) is 2.45. The number of benzene rings is 1. The lowest BCUT2D eigenvalue weighted by molar-refractivity contribution is 0.0934. The van der Waals surface area contributed by atoms with Crippen molar-refractivity contribution in [2.45, 2.75) is 32.7 Å². The molecule has 1 aromatic rings. The van der Waals surface area contributed by atoms with E-state index >= 15 is 0 Å². The summed E-state index contributed by atoms with van der Waals surface area (Å²) in [6, 6.07) is 6.50. The number of hydrogen-bond donors (Lipinski definition) is 3. The Kier molecular flexibility index (Phi) is 6.73. The van der Waals surface area contributed by atoms with E-state index in [4.69, 9.17) is 5.11 Å². The number of aliphatic hydroxyl groups excluding tert-OH is 1. The second-order valence-electron chi connectivity index (χ2n) is 4.72. The second kappa shape index (κ2) is 8.32. The summed E-state index contributed by atoms with van der Waals surface area (Å²) in [5.41, 5.74) is 0.917. The van der Waals surface area contributed by atoms with Gasteiger partial charge in [-0.1, -0.05) is 13.0 Å². The largest absolute Gasteiger partial charge is 0.396 e. The maximum absolute atomic E-state index is 12.0. The smallest absolute Gasteiger partial charge is 0.251 e. The van der Waals surface area contributed by atoms with Crippen LogP contribution in [0.5, 0.6) is 0 Å². The molecule has 110 valence electrons. The van der Waals surface area contributed by atoms with Gasteiger partial charge in [0.1, 0.15) is 0 Å². The van der Waals surface area contributed by atoms with Gasteiger partial charge >= 0.3 is 0 Å². The zero-order valence-electron chi connectivity index (χ0n) is 12.0. The van der Waals surface area contributed by atoms with E-state index in [1.165, 1.54) is 0 Å². The third-order valence-electron chi connectivity index (χ3n) is 2.86. The molecule has 0 aliphatic rings. The third kappa shape index (κ3) is 5.01. The van der Waals surface area contributed by atoms with Gasteiger partial charge < -0.3 is 15.7 Å². The number of nitrogens with one attached hydrogen (secondary N) is 2. The first kappa shape index (κ1) is 16.2. The number of amides is 2. The molecule has 0 bridgehead atoms. The third-order valence-corrected chi connectivity index (χ3v) is 2.86. The molecule has 0 aromatic heterocycles. The van der Waals surface area contributed by atoms with Crippen LogP contribution in [0.3, 0.4) is 0 Å². The molecule has 3 N–H and O–H groups in total. The molecule has 0 aliphatic heterocycles. The quantitative estimate of drug-likeness (QED) is 0.704. The van der Waals surface area contributed by atoms with Crippen molar-refractivity contribution < 1.29 is 14.7 Å². The van der Waals surface area contributed by atoms with Crippen LogP contribution in [-0.4, -0.2) is 36.1 Å². The van der Waals surface area contributed by atoms with Crippen molar-refractivity contribution in [1.29, 1.82) is 0 Å². The van der Waals surface area contributed by atoms with E-state index in [0.29, 0.717) is 24.1 Å². The van der Waals surface area contributed by atoms with Crippen LogP contribution < -0.4 is 10.6 Å². The summed E-state index contributed by atoms with van der Waals surface area (Å²) in [5, 5.41) is 14.4. The van der Waals surface area contributed by atoms with E-state index in [1.807, 2.05) is 13.8 Å². The Labute approximate surface area is 119 Å². The van der Waals surface area contributed by atoms with Gasteiger partial charge in [-0.15, -0.1) is 0 Å². The van der Waals surface area contributed by atoms with Crippen LogP contribution in [-0.2, 0) is 0 Å². The molecule has 2 amide bonds. The van der Waals surface area contributed by atoms with Crippen molar-refractivity contribution in [3.8, 4) is 0 Å². The number of rotatable bonds is 7. The van der Waals surface area contributed by atoms with Crippen LogP contribution in [0.15, 0.2) is 24.3 Å². The highest BCUT2D eigenvalue weighted by molar-refractivity contribution is 5.99. The molecule has 0 fully saturated rings. The summed E-state index contributed by atoms with van der Waals surface area (Å²) < 4.78 is 0. The van der Waals surface area contributed by atoms with E-state index in [9.17, 15) is 9.59 Å². The molecular weight excluding hydrogens is 256 g/mol. The lowest BCUT2D eigenvalue weighted by Crippen LogP contribution is -2.33. The fourth-order valence-corrected chi connectivity index (χ4v) is 1.72. The van der Waals surface area contributed by atoms with Crippen molar-refractivity contribution >= 4 is 11.8 Å². The van der Waals surface area contributed by atoms with Gasteiger partial charge in [0.15, 0.2) is 0 Å². The van der Waals surface area contributed by atoms with E-state index in [2.05, 4.69) is 10.6 Å². The Morgan fingerprint density at radius 2 is 1.90 bits per heavy atom. The Balaban J connectivity index is 2.72. The number of hydrogen-bond acceptors (Lipinski definition) is 3. The van der Waals surface area contributed by atoms with Crippen molar-refractivity contribution in [1.82, 2.24) is 10.6 Å². The molecule has 0 saturated carbocycles. The van der Waals surface area contributed by atoms with Crippen molar-refractivity contribution in [2.24, 2.45) is 0 Å². The molecule has 1 aromatic carbocycles. The van der Waals surface area contributed by atoms with Crippen molar-refractivity contribution in [2.75, 3.05) is 13.2 Å². The Morgan fingerprint density at radius 3 is 2.50 bits per heavy atom. The predicted octanol–water partition coefficient (Wildman–Crippen LogP) is 1.33. The first-order chi connectivity index (χ1) is 9.58. The highest BCUT2D eigenvalue weighted by Gasteiger charge is 2.12. The minimum absolute atomic E-state index is 0.0287. The Bertz CT molecular complexity index is 460. The number of carbonyl (C=O) groups is 2. The second-order valence-corrected chi connectivity index (χ2v) is 4.72. The normalized spacial score (nSPS) is 11.8. The standard InChI is InChI=1S/C15H22N2O3/c1-3-8-16-14(19)12-5-4-6-13(10-12)15(20)17-11(2)7-9-18/h4-6,10-11,18H,3,7-9H2,1-2H3,(H,16,19)(H,17,20). The van der Waals surface area contributed by atoms with Crippen molar-refractivity contribution in [3.63, 3.8) is 0 Å². The highest BCUT2D eigenvalue weighted by Crippen LogP contribution is 2.06. The molecular formula is C15H22N2O3. The summed E-state index contributed by atoms with van der Waals surface area (Å²) >= 11 is 0. The predicted molar refractivity (Wildman–Crippen MR) is 77.7 cm³/mol. The summed E-state index contributed by atoms with van der Waals surface area (Å²) in [7, 11) is 0. The van der Waals surface area contributed by atoms with Gasteiger partial charge in [-0.2, -0.15) is 0 Å². The van der Waals surface area contributed by atoms with Crippen LogP contribution >= 0.6 is 0 Å². The summed E-state index contributed by atoms with van der Waals surface area (Å²) in [6.07, 6.45) is 1.37. The van der Waals surface area contributed by atoms with Crippen LogP contribution in [0.1, 0.15) is 47.4 Å². The van der Waals surface area contributed by atoms with E-state index in [1.54, 1.807) is 24.3 Å². The van der Waals surface area contributed by atoms with Gasteiger partial charge in [-0.3, -0.25) is 9.59 Å². The first-order valence-corrected chi connectivity index (χ1v) is 6.88. The SMILES string of the molecule is CCCNC(=O)c1cccc(C(=O)NC(C)CCO)c1. The monoisotopic (exact) mass is 278 g/mol. The maximum Gasteiger partial charge on any atom is 0.251 e. The topological polar surface area (TPSA) is 78.4 Å². The Morgan fingerprint density at radius 1 is 1.25 bits per heavy atom. The van der Waals surface area contributed by atoms with E-state index in [-0.39, 0.29) is 24.5 Å². The molecule has 0 aliphatic carbocycles. The zero-order chi connectivity index (χ0) is 15.0. The number of carbonyl (C=O) groups excluding carboxylic acids is 2. The molecule has 5 nitrogen and oxygen atoms in total. The zero-order valence-corrected chi connectivity index (χ0v) is 12.0. The summed E-state index contributed by atoms with van der Waals surface area (Å²) in [5.74, 6) is -0.416. The first-order valence-electron chi connectivity index (χ1n) is 6.88. The molecule has 1 unspecified atom stereocenters. The molecule has 20 heavy (non-hydrogen) atoms. The van der Waals surface area contributed by atoms with Crippen LogP contribution in [0.25, 0.3) is 0 Å². The maximum atomic E-state index is 12.0. The molecule has 0 radical (unpaired) electrons. The lowest BCUT2D eigenvalue weighted by Gasteiger charge is -2.13. The molecule has 1 atom stereocenters. The molecule has 0 spiro atoms. The summed E-state index contributed by atoms with van der Waals surface area (Å²) in [4.78, 5) is 23.8. The van der Waals surface area contributed by atoms with Gasteiger partial charge in [0.25, 0.3) is 11.8 Å². The van der Waals surface area contributed by atoms with Gasteiger partial charge in [0.05, 0.1) is 0 Å². The highest BCUT2D eigenvalue weighted by atomic mass is 16.3. The molecule has 0 saturated heterocycles. The van der Waals surface area contributed by atoms with Crippen LogP contribution in [0.2, 0.25) is 0 Å². The van der Waals surface area contributed by atoms with Gasteiger partial charge in [0, 0.05) is 30.3 Å². The van der Waals surface area contributed by atoms with Crippen molar-refractivity contribution in [3.05, 3.63) is 35.4 Å². The number of aliphatic hydroxyl groups is 1. The summed E-state index contributed by atoms with van der Waals surface area (Å²) in [6.45, 7) is 4.45. The van der Waals surface area contributed by atoms with Gasteiger partial charge in [0.2, 0.25) is 0 Å². The van der Waals surface area contributed by atoms with Crippen LogP contribution in [0, 0.1) is 0 Å². The lowest BCUT2D eigenvalue weighted by atomic mass is 10.1. The minimum Gasteiger partial charge on any atom is -0.396 e. The molecule has 0 heterocycles. The van der Waals surface area contributed by atoms with Gasteiger partial charge in [-0.25, -0.2) is 0 Å². The molecule has 1 rings (SSSR count). The molecule has 5 heteroatoms. The minimum atomic E-state index is -0.240. The van der Waals surface area contributed by atoms with E-state index in [0.717, 1.165) is 6.42 Å². The fraction of sp³-hybridized carbons (Fsp3) is 0.467. The van der Waals surface area contributed by atoms with E-state index < -0.39 is 0 Å². The van der Waals surface area contributed by atoms with Gasteiger partial charge in [-0.05, 0) is 38.0 Å². The fourth-order valence-electron chi connectivity index (χ4n) is 1.72. The Hall–Kier alpha value is -1.88. The van der Waals surface area contributed by atoms with Crippen LogP contribution in [0.4, 0.5) is 0 Å².